The highest BCUT2D eigenvalue weighted by Crippen LogP contribution is 2.19. The van der Waals surface area contributed by atoms with Crippen molar-refractivity contribution < 1.29 is 9.59 Å². The van der Waals surface area contributed by atoms with Gasteiger partial charge in [-0.3, -0.25) is 9.59 Å². The van der Waals surface area contributed by atoms with Crippen LogP contribution in [-0.4, -0.2) is 34.6 Å². The molecule has 0 aliphatic heterocycles. The molecule has 0 aliphatic carbocycles. The van der Waals surface area contributed by atoms with E-state index < -0.39 is 6.04 Å². The van der Waals surface area contributed by atoms with E-state index in [9.17, 15) is 9.59 Å². The van der Waals surface area contributed by atoms with E-state index in [4.69, 9.17) is 0 Å². The van der Waals surface area contributed by atoms with Crippen molar-refractivity contribution in [2.24, 2.45) is 0 Å². The van der Waals surface area contributed by atoms with E-state index in [0.29, 0.717) is 18.7 Å². The lowest BCUT2D eigenvalue weighted by Gasteiger charge is -2.32. The second-order valence-electron chi connectivity index (χ2n) is 8.50. The number of amides is 2. The minimum atomic E-state index is -0.599. The van der Waals surface area contributed by atoms with Gasteiger partial charge in [0.1, 0.15) is 6.04 Å². The van der Waals surface area contributed by atoms with Crippen molar-refractivity contribution >= 4 is 39.5 Å². The van der Waals surface area contributed by atoms with Crippen molar-refractivity contribution in [3.05, 3.63) is 106 Å². The SMILES string of the molecule is CC(C)NC(=O)[C@H](Cc1ccccc1)N(Cc1ccc(Br)cc1)C(=O)CSCc1ccccc1. The van der Waals surface area contributed by atoms with Crippen LogP contribution in [-0.2, 0) is 28.3 Å². The summed E-state index contributed by atoms with van der Waals surface area (Å²) in [6.45, 7) is 4.25. The van der Waals surface area contributed by atoms with E-state index >= 15 is 0 Å². The first-order chi connectivity index (χ1) is 16.4. The van der Waals surface area contributed by atoms with Crippen molar-refractivity contribution in [3.63, 3.8) is 0 Å². The fourth-order valence-corrected chi connectivity index (χ4v) is 4.77. The monoisotopic (exact) mass is 538 g/mol. The Bertz CT molecular complexity index is 1040. The van der Waals surface area contributed by atoms with Crippen LogP contribution in [0.2, 0.25) is 0 Å². The Labute approximate surface area is 215 Å². The van der Waals surface area contributed by atoms with Crippen LogP contribution in [0.3, 0.4) is 0 Å². The zero-order valence-corrected chi connectivity index (χ0v) is 22.0. The van der Waals surface area contributed by atoms with Gasteiger partial charge < -0.3 is 10.2 Å². The molecule has 1 N–H and O–H groups in total. The first kappa shape index (κ1) is 26.0. The third kappa shape index (κ3) is 8.33. The van der Waals surface area contributed by atoms with Gasteiger partial charge >= 0.3 is 0 Å². The van der Waals surface area contributed by atoms with E-state index in [2.05, 4.69) is 33.4 Å². The number of hydrogen-bond donors (Lipinski definition) is 1. The smallest absolute Gasteiger partial charge is 0.243 e. The lowest BCUT2D eigenvalue weighted by molar-refractivity contribution is -0.139. The Balaban J connectivity index is 1.84. The van der Waals surface area contributed by atoms with Crippen molar-refractivity contribution in [3.8, 4) is 0 Å². The van der Waals surface area contributed by atoms with E-state index in [1.165, 1.54) is 5.56 Å². The van der Waals surface area contributed by atoms with Crippen LogP contribution >= 0.6 is 27.7 Å². The lowest BCUT2D eigenvalue weighted by Crippen LogP contribution is -2.52. The molecule has 0 bridgehead atoms. The molecule has 0 aromatic heterocycles. The predicted octanol–water partition coefficient (Wildman–Crippen LogP) is 5.85. The Morgan fingerprint density at radius 1 is 0.853 bits per heavy atom. The summed E-state index contributed by atoms with van der Waals surface area (Å²) in [6, 6.07) is 27.3. The highest BCUT2D eigenvalue weighted by molar-refractivity contribution is 9.10. The zero-order chi connectivity index (χ0) is 24.3. The first-order valence-electron chi connectivity index (χ1n) is 11.4. The maximum atomic E-state index is 13.5. The summed E-state index contributed by atoms with van der Waals surface area (Å²) in [5.74, 6) is 0.896. The number of carbonyl (C=O) groups is 2. The molecule has 0 heterocycles. The molecular weight excluding hydrogens is 508 g/mol. The number of nitrogens with zero attached hydrogens (tertiary/aromatic N) is 1. The number of thioether (sulfide) groups is 1. The molecule has 4 nitrogen and oxygen atoms in total. The van der Waals surface area contributed by atoms with Gasteiger partial charge in [-0.15, -0.1) is 11.8 Å². The molecule has 6 heteroatoms. The number of hydrogen-bond acceptors (Lipinski definition) is 3. The summed E-state index contributed by atoms with van der Waals surface area (Å²) in [6.07, 6.45) is 0.463. The van der Waals surface area contributed by atoms with Crippen molar-refractivity contribution in [2.75, 3.05) is 5.75 Å². The minimum absolute atomic E-state index is 0.0112. The molecule has 0 unspecified atom stereocenters. The fourth-order valence-electron chi connectivity index (χ4n) is 3.63. The van der Waals surface area contributed by atoms with Crippen molar-refractivity contribution in [2.45, 2.75) is 44.6 Å². The fraction of sp³-hybridized carbons (Fsp3) is 0.286. The summed E-state index contributed by atoms with van der Waals surface area (Å²) < 4.78 is 0.978. The molecule has 178 valence electrons. The van der Waals surface area contributed by atoms with Crippen molar-refractivity contribution in [1.82, 2.24) is 10.2 Å². The van der Waals surface area contributed by atoms with Gasteiger partial charge in [-0.2, -0.15) is 0 Å². The second-order valence-corrected chi connectivity index (χ2v) is 10.4. The molecule has 3 aromatic rings. The van der Waals surface area contributed by atoms with Crippen LogP contribution in [0.15, 0.2) is 89.4 Å². The second kappa shape index (κ2) is 13.4. The normalized spacial score (nSPS) is 11.8. The maximum absolute atomic E-state index is 13.5. The predicted molar refractivity (Wildman–Crippen MR) is 145 cm³/mol. The first-order valence-corrected chi connectivity index (χ1v) is 13.4. The van der Waals surface area contributed by atoms with E-state index in [0.717, 1.165) is 21.4 Å². The number of rotatable bonds is 11. The molecule has 0 aliphatic rings. The van der Waals surface area contributed by atoms with Crippen LogP contribution in [0.5, 0.6) is 0 Å². The number of carbonyl (C=O) groups excluding carboxylic acids is 2. The topological polar surface area (TPSA) is 49.4 Å². The van der Waals surface area contributed by atoms with Gasteiger partial charge in [0, 0.05) is 29.2 Å². The molecule has 0 saturated heterocycles. The molecular formula is C28H31BrN2O2S. The van der Waals surface area contributed by atoms with Crippen LogP contribution in [0, 0.1) is 0 Å². The van der Waals surface area contributed by atoms with Crippen LogP contribution in [0.25, 0.3) is 0 Å². The quantitative estimate of drug-likeness (QED) is 0.333. The Morgan fingerprint density at radius 3 is 2.03 bits per heavy atom. The standard InChI is InChI=1S/C28H31BrN2O2S/c1-21(2)30-28(33)26(17-22-9-5-3-6-10-22)31(18-23-13-15-25(29)16-14-23)27(32)20-34-19-24-11-7-4-8-12-24/h3-16,21,26H,17-20H2,1-2H3,(H,30,33)/t26-/m0/s1. The summed E-state index contributed by atoms with van der Waals surface area (Å²) in [5, 5.41) is 3.03. The average Bonchev–Trinajstić information content (AvgIpc) is 2.83. The highest BCUT2D eigenvalue weighted by atomic mass is 79.9. The lowest BCUT2D eigenvalue weighted by atomic mass is 10.0. The van der Waals surface area contributed by atoms with E-state index in [1.807, 2.05) is 86.6 Å². The summed E-state index contributed by atoms with van der Waals surface area (Å²) in [5.41, 5.74) is 3.19. The largest absolute Gasteiger partial charge is 0.352 e. The van der Waals surface area contributed by atoms with Crippen LogP contribution < -0.4 is 5.32 Å². The third-order valence-electron chi connectivity index (χ3n) is 5.31. The molecule has 3 rings (SSSR count). The van der Waals surface area contributed by atoms with Gasteiger partial charge in [0.25, 0.3) is 0 Å². The number of nitrogens with one attached hydrogen (secondary N) is 1. The van der Waals surface area contributed by atoms with E-state index in [1.54, 1.807) is 16.7 Å². The maximum Gasteiger partial charge on any atom is 0.243 e. The molecule has 0 spiro atoms. The number of halogens is 1. The molecule has 0 fully saturated rings. The zero-order valence-electron chi connectivity index (χ0n) is 19.6. The van der Waals surface area contributed by atoms with Gasteiger partial charge in [-0.1, -0.05) is 88.7 Å². The van der Waals surface area contributed by atoms with Gasteiger partial charge in [0.2, 0.25) is 11.8 Å². The Kier molecular flexibility index (Phi) is 10.2. The highest BCUT2D eigenvalue weighted by Gasteiger charge is 2.30. The van der Waals surface area contributed by atoms with Gasteiger partial charge in [0.05, 0.1) is 5.75 Å². The molecule has 2 amide bonds. The Hall–Kier alpha value is -2.57. The molecule has 0 saturated carbocycles. The molecule has 3 aromatic carbocycles. The minimum Gasteiger partial charge on any atom is -0.352 e. The van der Waals surface area contributed by atoms with E-state index in [-0.39, 0.29) is 17.9 Å². The van der Waals surface area contributed by atoms with Gasteiger partial charge in [0.15, 0.2) is 0 Å². The van der Waals surface area contributed by atoms with Crippen LogP contribution in [0.1, 0.15) is 30.5 Å². The number of benzene rings is 3. The third-order valence-corrected chi connectivity index (χ3v) is 6.82. The summed E-state index contributed by atoms with van der Waals surface area (Å²) in [7, 11) is 0. The van der Waals surface area contributed by atoms with Gasteiger partial charge in [-0.05, 0) is 42.7 Å². The molecule has 0 radical (unpaired) electrons. The average molecular weight is 540 g/mol. The van der Waals surface area contributed by atoms with Crippen molar-refractivity contribution in [1.29, 1.82) is 0 Å². The van der Waals surface area contributed by atoms with Crippen LogP contribution in [0.4, 0.5) is 0 Å². The molecule has 1 atom stereocenters. The van der Waals surface area contributed by atoms with Gasteiger partial charge in [-0.25, -0.2) is 0 Å². The summed E-state index contributed by atoms with van der Waals surface area (Å²) >= 11 is 5.05. The molecule has 34 heavy (non-hydrogen) atoms. The Morgan fingerprint density at radius 2 is 1.44 bits per heavy atom. The summed E-state index contributed by atoms with van der Waals surface area (Å²) in [4.78, 5) is 28.6.